The molecule has 7 heteroatoms. The standard InChI is InChI=1S/C19H20N4O2S/c1-22(2)17(24)13-26-19-21-20-18(14-8-7-11-16(12-14)25-3)23(19)15-9-5-4-6-10-15/h4-12H,13H2,1-3H3. The second-order valence-electron chi connectivity index (χ2n) is 5.79. The van der Waals surface area contributed by atoms with E-state index in [1.165, 1.54) is 11.8 Å². The Morgan fingerprint density at radius 1 is 1.12 bits per heavy atom. The molecule has 1 aromatic heterocycles. The number of hydrogen-bond acceptors (Lipinski definition) is 5. The molecule has 0 atom stereocenters. The molecule has 3 rings (SSSR count). The van der Waals surface area contributed by atoms with Crippen LogP contribution in [0.4, 0.5) is 0 Å². The van der Waals surface area contributed by atoms with Crippen molar-refractivity contribution in [3.8, 4) is 22.8 Å². The maximum atomic E-state index is 12.0. The summed E-state index contributed by atoms with van der Waals surface area (Å²) in [6.45, 7) is 0. The van der Waals surface area contributed by atoms with Crippen molar-refractivity contribution in [3.05, 3.63) is 54.6 Å². The molecule has 2 aromatic carbocycles. The van der Waals surface area contributed by atoms with E-state index < -0.39 is 0 Å². The molecule has 3 aromatic rings. The molecule has 0 saturated carbocycles. The Morgan fingerprint density at radius 2 is 1.88 bits per heavy atom. The lowest BCUT2D eigenvalue weighted by molar-refractivity contribution is -0.125. The number of aromatic nitrogens is 3. The number of methoxy groups -OCH3 is 1. The molecule has 0 aliphatic heterocycles. The summed E-state index contributed by atoms with van der Waals surface area (Å²) in [4.78, 5) is 13.5. The van der Waals surface area contributed by atoms with E-state index in [9.17, 15) is 4.79 Å². The maximum Gasteiger partial charge on any atom is 0.232 e. The normalized spacial score (nSPS) is 10.6. The molecule has 0 fully saturated rings. The van der Waals surface area contributed by atoms with Gasteiger partial charge in [-0.25, -0.2) is 0 Å². The molecule has 0 spiro atoms. The lowest BCUT2D eigenvalue weighted by Gasteiger charge is -2.12. The van der Waals surface area contributed by atoms with Gasteiger partial charge in [0.15, 0.2) is 11.0 Å². The molecule has 26 heavy (non-hydrogen) atoms. The van der Waals surface area contributed by atoms with Crippen LogP contribution in [-0.2, 0) is 4.79 Å². The molecule has 1 amide bonds. The van der Waals surface area contributed by atoms with Crippen molar-refractivity contribution in [2.24, 2.45) is 0 Å². The topological polar surface area (TPSA) is 60.3 Å². The van der Waals surface area contributed by atoms with Crippen LogP contribution in [0.1, 0.15) is 0 Å². The van der Waals surface area contributed by atoms with Crippen molar-refractivity contribution in [3.63, 3.8) is 0 Å². The van der Waals surface area contributed by atoms with Gasteiger partial charge in [0.2, 0.25) is 5.91 Å². The largest absolute Gasteiger partial charge is 0.497 e. The molecule has 0 bridgehead atoms. The van der Waals surface area contributed by atoms with E-state index in [0.29, 0.717) is 16.7 Å². The Labute approximate surface area is 156 Å². The fourth-order valence-corrected chi connectivity index (χ4v) is 3.31. The average molecular weight is 368 g/mol. The Morgan fingerprint density at radius 3 is 2.58 bits per heavy atom. The molecular weight excluding hydrogens is 348 g/mol. The van der Waals surface area contributed by atoms with Gasteiger partial charge >= 0.3 is 0 Å². The zero-order valence-corrected chi connectivity index (χ0v) is 15.7. The van der Waals surface area contributed by atoms with Crippen molar-refractivity contribution in [2.45, 2.75) is 5.16 Å². The minimum absolute atomic E-state index is 0.0283. The van der Waals surface area contributed by atoms with Gasteiger partial charge in [0.1, 0.15) is 5.75 Å². The van der Waals surface area contributed by atoms with Crippen LogP contribution in [0.3, 0.4) is 0 Å². The Kier molecular flexibility index (Phi) is 5.58. The van der Waals surface area contributed by atoms with Crippen LogP contribution in [-0.4, -0.2) is 52.5 Å². The monoisotopic (exact) mass is 368 g/mol. The summed E-state index contributed by atoms with van der Waals surface area (Å²) < 4.78 is 7.28. The first-order chi connectivity index (χ1) is 12.6. The number of carbonyl (C=O) groups excluding carboxylic acids is 1. The van der Waals surface area contributed by atoms with Crippen LogP contribution in [0.5, 0.6) is 5.75 Å². The van der Waals surface area contributed by atoms with Gasteiger partial charge in [-0.3, -0.25) is 9.36 Å². The van der Waals surface area contributed by atoms with Gasteiger partial charge < -0.3 is 9.64 Å². The van der Waals surface area contributed by atoms with Gasteiger partial charge in [-0.05, 0) is 24.3 Å². The fourth-order valence-electron chi connectivity index (χ4n) is 2.38. The van der Waals surface area contributed by atoms with Crippen LogP contribution in [0.15, 0.2) is 59.8 Å². The summed E-state index contributed by atoms with van der Waals surface area (Å²) >= 11 is 1.37. The summed E-state index contributed by atoms with van der Waals surface area (Å²) in [5, 5.41) is 9.36. The van der Waals surface area contributed by atoms with Crippen molar-refractivity contribution >= 4 is 17.7 Å². The van der Waals surface area contributed by atoms with Crippen LogP contribution in [0.25, 0.3) is 17.1 Å². The minimum atomic E-state index is 0.0283. The van der Waals surface area contributed by atoms with Crippen molar-refractivity contribution in [2.75, 3.05) is 27.0 Å². The van der Waals surface area contributed by atoms with E-state index in [-0.39, 0.29) is 5.91 Å². The number of nitrogens with zero attached hydrogens (tertiary/aromatic N) is 4. The molecule has 0 unspecified atom stereocenters. The predicted molar refractivity (Wildman–Crippen MR) is 103 cm³/mol. The molecule has 0 aliphatic rings. The molecule has 0 saturated heterocycles. The first-order valence-electron chi connectivity index (χ1n) is 8.08. The smallest absolute Gasteiger partial charge is 0.232 e. The zero-order chi connectivity index (χ0) is 18.5. The Hall–Kier alpha value is -2.80. The van der Waals surface area contributed by atoms with Gasteiger partial charge in [0, 0.05) is 25.3 Å². The third-order valence-electron chi connectivity index (χ3n) is 3.80. The van der Waals surface area contributed by atoms with E-state index in [1.54, 1.807) is 26.1 Å². The molecule has 0 radical (unpaired) electrons. The van der Waals surface area contributed by atoms with E-state index in [1.807, 2.05) is 59.2 Å². The number of carbonyl (C=O) groups is 1. The first-order valence-corrected chi connectivity index (χ1v) is 9.07. The van der Waals surface area contributed by atoms with Crippen LogP contribution in [0, 0.1) is 0 Å². The number of amides is 1. The van der Waals surface area contributed by atoms with Gasteiger partial charge in [-0.2, -0.15) is 0 Å². The number of para-hydroxylation sites is 1. The quantitative estimate of drug-likeness (QED) is 0.626. The number of thioether (sulfide) groups is 1. The second kappa shape index (κ2) is 8.05. The average Bonchev–Trinajstić information content (AvgIpc) is 3.10. The van der Waals surface area contributed by atoms with Gasteiger partial charge in [-0.1, -0.05) is 42.1 Å². The molecule has 0 N–H and O–H groups in total. The van der Waals surface area contributed by atoms with Crippen molar-refractivity contribution in [1.29, 1.82) is 0 Å². The van der Waals surface area contributed by atoms with E-state index in [4.69, 9.17) is 4.74 Å². The fraction of sp³-hybridized carbons (Fsp3) is 0.211. The molecule has 1 heterocycles. The van der Waals surface area contributed by atoms with Crippen molar-refractivity contribution < 1.29 is 9.53 Å². The lowest BCUT2D eigenvalue weighted by atomic mass is 10.2. The number of hydrogen-bond donors (Lipinski definition) is 0. The number of ether oxygens (including phenoxy) is 1. The molecule has 0 aliphatic carbocycles. The van der Waals surface area contributed by atoms with Crippen molar-refractivity contribution in [1.82, 2.24) is 19.7 Å². The SMILES string of the molecule is COc1cccc(-c2nnc(SCC(=O)N(C)C)n2-c2ccccc2)c1. The maximum absolute atomic E-state index is 12.0. The number of benzene rings is 2. The van der Waals surface area contributed by atoms with Crippen LogP contribution < -0.4 is 4.74 Å². The summed E-state index contributed by atoms with van der Waals surface area (Å²) in [5.41, 5.74) is 1.83. The third kappa shape index (κ3) is 3.88. The van der Waals surface area contributed by atoms with Gasteiger partial charge in [-0.15, -0.1) is 10.2 Å². The highest BCUT2D eigenvalue weighted by Crippen LogP contribution is 2.29. The molecule has 134 valence electrons. The third-order valence-corrected chi connectivity index (χ3v) is 4.71. The van der Waals surface area contributed by atoms with E-state index >= 15 is 0 Å². The second-order valence-corrected chi connectivity index (χ2v) is 6.73. The predicted octanol–water partition coefficient (Wildman–Crippen LogP) is 3.12. The number of rotatable bonds is 6. The molecule has 6 nitrogen and oxygen atoms in total. The van der Waals surface area contributed by atoms with E-state index in [2.05, 4.69) is 10.2 Å². The van der Waals surface area contributed by atoms with Crippen LogP contribution >= 0.6 is 11.8 Å². The lowest BCUT2D eigenvalue weighted by Crippen LogP contribution is -2.23. The van der Waals surface area contributed by atoms with Gasteiger partial charge in [0.05, 0.1) is 12.9 Å². The first kappa shape index (κ1) is 18.0. The van der Waals surface area contributed by atoms with Gasteiger partial charge in [0.25, 0.3) is 0 Å². The minimum Gasteiger partial charge on any atom is -0.497 e. The van der Waals surface area contributed by atoms with E-state index in [0.717, 1.165) is 17.0 Å². The molecular formula is C19H20N4O2S. The summed E-state index contributed by atoms with van der Waals surface area (Å²) in [6.07, 6.45) is 0. The Bertz CT molecular complexity index is 894. The summed E-state index contributed by atoms with van der Waals surface area (Å²) in [6, 6.07) is 17.6. The zero-order valence-electron chi connectivity index (χ0n) is 14.9. The summed E-state index contributed by atoms with van der Waals surface area (Å²) in [5.74, 6) is 1.79. The highest BCUT2D eigenvalue weighted by molar-refractivity contribution is 7.99. The highest BCUT2D eigenvalue weighted by Gasteiger charge is 2.18. The summed E-state index contributed by atoms with van der Waals surface area (Å²) in [7, 11) is 5.12. The Balaban J connectivity index is 2.03. The highest BCUT2D eigenvalue weighted by atomic mass is 32.2. The van der Waals surface area contributed by atoms with Crippen LogP contribution in [0.2, 0.25) is 0 Å².